The minimum Gasteiger partial charge on any atom is -0.508 e. The van der Waals surface area contributed by atoms with Gasteiger partial charge in [-0.3, -0.25) is 29.0 Å². The second-order valence-electron chi connectivity index (χ2n) is 10.1. The fraction of sp³-hybridized carbons (Fsp3) is 0.448. The number of aryl methyl sites for hydroxylation is 2. The lowest BCUT2D eigenvalue weighted by molar-refractivity contribution is -0.139. The fourth-order valence-electron chi connectivity index (χ4n) is 4.24. The predicted octanol–water partition coefficient (Wildman–Crippen LogP) is 2.09. The van der Waals surface area contributed by atoms with Gasteiger partial charge >= 0.3 is 11.9 Å². The summed E-state index contributed by atoms with van der Waals surface area (Å²) in [5, 5.41) is 42.1. The minimum absolute atomic E-state index is 0.0000122. The molecule has 0 bridgehead atoms. The van der Waals surface area contributed by atoms with Crippen LogP contribution in [0.15, 0.2) is 36.4 Å². The van der Waals surface area contributed by atoms with E-state index in [1.165, 1.54) is 12.1 Å². The minimum atomic E-state index is -1.06. The first-order valence-corrected chi connectivity index (χ1v) is 13.3. The standard InChI is InChI=1S/C29H39N3O9/c1-20(2)30-27(36)9-5-21-3-7-25(34)23(13-21)15-31(17-29(39)40)11-12-32(18-41-19-33)16-24-14-22(4-8-26(24)35)6-10-28(37)38/h3-4,7-8,13-14,19-20,34-35H,5-6,9-12,15-18H2,1-2H3,(H,30,36)(H,37,38)(H,39,40). The molecular weight excluding hydrogens is 534 g/mol. The number of carbonyl (C=O) groups excluding carboxylic acids is 2. The molecule has 224 valence electrons. The van der Waals surface area contributed by atoms with Crippen molar-refractivity contribution in [2.45, 2.75) is 58.7 Å². The maximum atomic E-state index is 12.0. The Balaban J connectivity index is 2.13. The summed E-state index contributed by atoms with van der Waals surface area (Å²) in [5.41, 5.74) is 2.55. The number of phenolic OH excluding ortho intramolecular Hbond substituents is 2. The molecule has 0 aromatic heterocycles. The molecule has 12 nitrogen and oxygen atoms in total. The molecule has 0 aliphatic rings. The molecule has 2 aromatic rings. The molecule has 0 radical (unpaired) electrons. The van der Waals surface area contributed by atoms with E-state index in [4.69, 9.17) is 9.84 Å². The van der Waals surface area contributed by atoms with Crippen molar-refractivity contribution in [1.29, 1.82) is 0 Å². The third kappa shape index (κ3) is 12.7. The summed E-state index contributed by atoms with van der Waals surface area (Å²) in [6, 6.07) is 9.83. The number of hydrogen-bond acceptors (Lipinski definition) is 9. The van der Waals surface area contributed by atoms with Crippen molar-refractivity contribution in [2.75, 3.05) is 26.4 Å². The first-order valence-electron chi connectivity index (χ1n) is 13.3. The van der Waals surface area contributed by atoms with Crippen LogP contribution in [0.25, 0.3) is 0 Å². The number of carboxylic acids is 2. The van der Waals surface area contributed by atoms with Gasteiger partial charge in [0.1, 0.15) is 18.2 Å². The average molecular weight is 574 g/mol. The Kier molecular flexibility index (Phi) is 13.6. The number of aliphatic carboxylic acids is 2. The number of nitrogens with one attached hydrogen (secondary N) is 1. The number of aromatic hydroxyl groups is 2. The number of hydrogen-bond donors (Lipinski definition) is 5. The SMILES string of the molecule is CC(C)NC(=O)CCc1ccc(O)c(CN(CCN(COC=O)Cc2cc(CCC(=O)O)ccc2O)CC(=O)O)c1. The van der Waals surface area contributed by atoms with Crippen molar-refractivity contribution in [1.82, 2.24) is 15.1 Å². The van der Waals surface area contributed by atoms with E-state index in [2.05, 4.69) is 5.32 Å². The van der Waals surface area contributed by atoms with Crippen molar-refractivity contribution >= 4 is 24.3 Å². The highest BCUT2D eigenvalue weighted by Gasteiger charge is 2.17. The predicted molar refractivity (Wildman–Crippen MR) is 149 cm³/mol. The van der Waals surface area contributed by atoms with Crippen molar-refractivity contribution in [3.05, 3.63) is 58.7 Å². The number of benzene rings is 2. The van der Waals surface area contributed by atoms with E-state index in [-0.39, 0.29) is 88.6 Å². The number of carboxylic acid groups (broad SMARTS) is 2. The Morgan fingerprint density at radius 1 is 0.854 bits per heavy atom. The summed E-state index contributed by atoms with van der Waals surface area (Å²) in [6.07, 6.45) is 0.949. The van der Waals surface area contributed by atoms with E-state index in [0.717, 1.165) is 11.1 Å². The van der Waals surface area contributed by atoms with Gasteiger partial charge in [-0.25, -0.2) is 0 Å². The van der Waals surface area contributed by atoms with Crippen LogP contribution in [-0.4, -0.2) is 87.0 Å². The van der Waals surface area contributed by atoms with Crippen molar-refractivity contribution in [2.24, 2.45) is 0 Å². The zero-order chi connectivity index (χ0) is 30.4. The molecule has 2 rings (SSSR count). The quantitative estimate of drug-likeness (QED) is 0.123. The first-order chi connectivity index (χ1) is 19.5. The van der Waals surface area contributed by atoms with Gasteiger partial charge in [0.2, 0.25) is 5.91 Å². The Labute approximate surface area is 239 Å². The molecule has 0 atom stereocenters. The van der Waals surface area contributed by atoms with Crippen molar-refractivity contribution < 1.29 is 44.3 Å². The van der Waals surface area contributed by atoms with E-state index >= 15 is 0 Å². The topological polar surface area (TPSA) is 177 Å². The molecule has 0 aliphatic heterocycles. The lowest BCUT2D eigenvalue weighted by Crippen LogP contribution is -2.38. The number of ether oxygens (including phenoxy) is 1. The summed E-state index contributed by atoms with van der Waals surface area (Å²) in [6.45, 7) is 4.33. The highest BCUT2D eigenvalue weighted by molar-refractivity contribution is 5.76. The summed E-state index contributed by atoms with van der Waals surface area (Å²) in [4.78, 5) is 48.7. The number of amides is 1. The molecule has 0 fully saturated rings. The van der Waals surface area contributed by atoms with Gasteiger partial charge in [-0.05, 0) is 49.9 Å². The summed E-state index contributed by atoms with van der Waals surface area (Å²) in [5.74, 6) is -2.09. The van der Waals surface area contributed by atoms with Crippen LogP contribution in [0.4, 0.5) is 0 Å². The van der Waals surface area contributed by atoms with Crippen LogP contribution in [0, 0.1) is 0 Å². The van der Waals surface area contributed by atoms with Gasteiger partial charge in [-0.15, -0.1) is 0 Å². The molecule has 12 heteroatoms. The largest absolute Gasteiger partial charge is 0.508 e. The van der Waals surface area contributed by atoms with E-state index in [1.54, 1.807) is 34.1 Å². The van der Waals surface area contributed by atoms with E-state index in [1.807, 2.05) is 13.8 Å². The van der Waals surface area contributed by atoms with E-state index in [9.17, 15) is 34.5 Å². The van der Waals surface area contributed by atoms with Gasteiger partial charge in [0, 0.05) is 56.2 Å². The van der Waals surface area contributed by atoms with Gasteiger partial charge < -0.3 is 30.5 Å². The lowest BCUT2D eigenvalue weighted by atomic mass is 10.0. The third-order valence-corrected chi connectivity index (χ3v) is 6.21. The zero-order valence-electron chi connectivity index (χ0n) is 23.4. The summed E-state index contributed by atoms with van der Waals surface area (Å²) in [7, 11) is 0. The lowest BCUT2D eigenvalue weighted by Gasteiger charge is -2.27. The summed E-state index contributed by atoms with van der Waals surface area (Å²) < 4.78 is 4.93. The smallest absolute Gasteiger partial charge is 0.317 e. The molecule has 0 saturated carbocycles. The van der Waals surface area contributed by atoms with Gasteiger partial charge in [-0.2, -0.15) is 0 Å². The van der Waals surface area contributed by atoms with Gasteiger partial charge in [0.25, 0.3) is 6.47 Å². The Morgan fingerprint density at radius 3 is 1.90 bits per heavy atom. The number of nitrogens with zero attached hydrogens (tertiary/aromatic N) is 2. The molecular formula is C29H39N3O9. The van der Waals surface area contributed by atoms with E-state index in [0.29, 0.717) is 17.5 Å². The van der Waals surface area contributed by atoms with Crippen LogP contribution in [0.1, 0.15) is 48.9 Å². The van der Waals surface area contributed by atoms with Crippen LogP contribution in [0.5, 0.6) is 11.5 Å². The monoisotopic (exact) mass is 573 g/mol. The van der Waals surface area contributed by atoms with Crippen molar-refractivity contribution in [3.8, 4) is 11.5 Å². The normalized spacial score (nSPS) is 11.1. The average Bonchev–Trinajstić information content (AvgIpc) is 2.90. The van der Waals surface area contributed by atoms with Crippen LogP contribution < -0.4 is 5.32 Å². The molecule has 0 saturated heterocycles. The first kappa shape index (κ1) is 33.0. The van der Waals surface area contributed by atoms with Crippen molar-refractivity contribution in [3.63, 3.8) is 0 Å². The second-order valence-corrected chi connectivity index (χ2v) is 10.1. The van der Waals surface area contributed by atoms with Crippen LogP contribution in [-0.2, 0) is 49.8 Å². The highest BCUT2D eigenvalue weighted by Crippen LogP contribution is 2.23. The van der Waals surface area contributed by atoms with Gasteiger partial charge in [-0.1, -0.05) is 24.3 Å². The third-order valence-electron chi connectivity index (χ3n) is 6.21. The van der Waals surface area contributed by atoms with E-state index < -0.39 is 11.9 Å². The molecule has 0 unspecified atom stereocenters. The van der Waals surface area contributed by atoms with Crippen LogP contribution >= 0.6 is 0 Å². The highest BCUT2D eigenvalue weighted by atomic mass is 16.5. The molecule has 0 spiro atoms. The molecule has 2 aromatic carbocycles. The van der Waals surface area contributed by atoms with Crippen LogP contribution in [0.2, 0.25) is 0 Å². The Morgan fingerprint density at radius 2 is 1.39 bits per heavy atom. The molecule has 0 aliphatic carbocycles. The maximum absolute atomic E-state index is 12.0. The maximum Gasteiger partial charge on any atom is 0.317 e. The Hall–Kier alpha value is -4.16. The number of carbonyl (C=O) groups is 4. The fourth-order valence-corrected chi connectivity index (χ4v) is 4.24. The number of rotatable bonds is 19. The molecule has 41 heavy (non-hydrogen) atoms. The van der Waals surface area contributed by atoms with Gasteiger partial charge in [0.05, 0.1) is 6.54 Å². The van der Waals surface area contributed by atoms with Gasteiger partial charge in [0.15, 0.2) is 0 Å². The van der Waals surface area contributed by atoms with Crippen LogP contribution in [0.3, 0.4) is 0 Å². The number of phenols is 2. The summed E-state index contributed by atoms with van der Waals surface area (Å²) >= 11 is 0. The second kappa shape index (κ2) is 16.8. The molecule has 1 amide bonds. The molecule has 5 N–H and O–H groups in total. The molecule has 0 heterocycles. The Bertz CT molecular complexity index is 1190. The zero-order valence-corrected chi connectivity index (χ0v) is 23.4.